The predicted octanol–water partition coefficient (Wildman–Crippen LogP) is 1.74. The predicted molar refractivity (Wildman–Crippen MR) is 64.2 cm³/mol. The number of nitrogens with zero attached hydrogens (tertiary/aromatic N) is 3. The second-order valence-electron chi connectivity index (χ2n) is 3.86. The Labute approximate surface area is 96.6 Å². The lowest BCUT2D eigenvalue weighted by Gasteiger charge is -2.05. The Balaban J connectivity index is 2.50. The average molecular weight is 229 g/mol. The van der Waals surface area contributed by atoms with Gasteiger partial charge in [0, 0.05) is 12.1 Å². The number of aromatic nitrogens is 3. The van der Waals surface area contributed by atoms with Crippen LogP contribution in [0.3, 0.4) is 0 Å². The lowest BCUT2D eigenvalue weighted by molar-refractivity contribution is 0.616. The maximum absolute atomic E-state index is 12.1. The zero-order valence-electron chi connectivity index (χ0n) is 9.38. The van der Waals surface area contributed by atoms with E-state index in [9.17, 15) is 4.79 Å². The fraction of sp³-hybridized carbons (Fsp3) is 0.167. The van der Waals surface area contributed by atoms with Gasteiger partial charge in [0.25, 0.3) is 5.56 Å². The van der Waals surface area contributed by atoms with Crippen LogP contribution >= 0.6 is 0 Å². The molecule has 0 saturated carbocycles. The van der Waals surface area contributed by atoms with Crippen molar-refractivity contribution in [3.05, 3.63) is 47.2 Å². The summed E-state index contributed by atoms with van der Waals surface area (Å²) in [5, 5.41) is 4.25. The summed E-state index contributed by atoms with van der Waals surface area (Å²) in [5.74, 6) is 0.748. The Hall–Kier alpha value is -2.30. The van der Waals surface area contributed by atoms with Gasteiger partial charge in [-0.3, -0.25) is 9.20 Å². The van der Waals surface area contributed by atoms with Crippen molar-refractivity contribution in [2.45, 2.75) is 13.5 Å². The third kappa shape index (κ3) is 1.25. The van der Waals surface area contributed by atoms with Crippen LogP contribution in [0.4, 0.5) is 0 Å². The molecule has 3 aromatic rings. The molecule has 0 aromatic carbocycles. The summed E-state index contributed by atoms with van der Waals surface area (Å²) in [7, 11) is 0. The lowest BCUT2D eigenvalue weighted by Crippen LogP contribution is -2.25. The molecule has 0 N–H and O–H groups in total. The molecular formula is C12H11N3O2. The van der Waals surface area contributed by atoms with Crippen LogP contribution in [0.1, 0.15) is 5.82 Å². The number of hydrogen-bond donors (Lipinski definition) is 0. The molecule has 0 unspecified atom stereocenters. The minimum Gasteiger partial charge on any atom is -0.463 e. The molecule has 86 valence electrons. The Morgan fingerprint density at radius 3 is 3.12 bits per heavy atom. The molecule has 0 fully saturated rings. The highest BCUT2D eigenvalue weighted by Gasteiger charge is 2.12. The molecule has 3 aromatic heterocycles. The Bertz CT molecular complexity index is 776. The Kier molecular flexibility index (Phi) is 1.95. The van der Waals surface area contributed by atoms with E-state index in [1.807, 2.05) is 13.0 Å². The van der Waals surface area contributed by atoms with Crippen LogP contribution in [0.15, 0.2) is 40.3 Å². The average Bonchev–Trinajstić information content (AvgIpc) is 2.84. The maximum atomic E-state index is 12.1. The number of aryl methyl sites for hydroxylation is 1. The van der Waals surface area contributed by atoms with Crippen LogP contribution in [0.25, 0.3) is 16.6 Å². The first-order chi connectivity index (χ1) is 8.22. The molecule has 0 amide bonds. The number of furan rings is 1. The number of rotatable bonds is 2. The summed E-state index contributed by atoms with van der Waals surface area (Å²) in [6, 6.07) is 3.57. The summed E-state index contributed by atoms with van der Waals surface area (Å²) in [4.78, 5) is 12.1. The van der Waals surface area contributed by atoms with Crippen molar-refractivity contribution in [3.63, 3.8) is 0 Å². The minimum absolute atomic E-state index is 0.137. The Morgan fingerprint density at radius 1 is 1.53 bits per heavy atom. The van der Waals surface area contributed by atoms with Gasteiger partial charge in [-0.2, -0.15) is 5.10 Å². The van der Waals surface area contributed by atoms with Gasteiger partial charge in [0.05, 0.1) is 18.3 Å². The van der Waals surface area contributed by atoms with Gasteiger partial charge in [0.1, 0.15) is 11.3 Å². The van der Waals surface area contributed by atoms with Crippen molar-refractivity contribution in [2.24, 2.45) is 0 Å². The third-order valence-electron chi connectivity index (χ3n) is 2.77. The molecule has 0 spiro atoms. The van der Waals surface area contributed by atoms with Crippen LogP contribution in [0, 0.1) is 6.92 Å². The molecule has 0 aliphatic heterocycles. The van der Waals surface area contributed by atoms with Crippen molar-refractivity contribution in [3.8, 4) is 0 Å². The van der Waals surface area contributed by atoms with Crippen molar-refractivity contribution in [1.82, 2.24) is 14.2 Å². The zero-order valence-corrected chi connectivity index (χ0v) is 9.38. The van der Waals surface area contributed by atoms with Crippen molar-refractivity contribution < 1.29 is 4.42 Å². The molecule has 3 rings (SSSR count). The first-order valence-electron chi connectivity index (χ1n) is 5.29. The third-order valence-corrected chi connectivity index (χ3v) is 2.77. The molecule has 0 saturated heterocycles. The van der Waals surface area contributed by atoms with Gasteiger partial charge < -0.3 is 4.42 Å². The quantitative estimate of drug-likeness (QED) is 0.629. The number of fused-ring (bicyclic) bond motifs is 3. The highest BCUT2D eigenvalue weighted by molar-refractivity contribution is 5.82. The van der Waals surface area contributed by atoms with Crippen LogP contribution in [0.2, 0.25) is 0 Å². The van der Waals surface area contributed by atoms with Crippen LogP contribution in [0.5, 0.6) is 0 Å². The van der Waals surface area contributed by atoms with E-state index < -0.39 is 0 Å². The van der Waals surface area contributed by atoms with E-state index in [0.29, 0.717) is 17.6 Å². The molecule has 0 aliphatic rings. The Morgan fingerprint density at radius 2 is 2.35 bits per heavy atom. The van der Waals surface area contributed by atoms with E-state index in [0.717, 1.165) is 11.3 Å². The molecule has 0 radical (unpaired) electrons. The van der Waals surface area contributed by atoms with Gasteiger partial charge in [-0.05, 0) is 6.92 Å². The summed E-state index contributed by atoms with van der Waals surface area (Å²) in [6.45, 7) is 5.88. The fourth-order valence-corrected chi connectivity index (χ4v) is 2.07. The van der Waals surface area contributed by atoms with Gasteiger partial charge >= 0.3 is 0 Å². The fourth-order valence-electron chi connectivity index (χ4n) is 2.07. The summed E-state index contributed by atoms with van der Waals surface area (Å²) in [6.07, 6.45) is 3.25. The van der Waals surface area contributed by atoms with E-state index >= 15 is 0 Å². The normalized spacial score (nSPS) is 11.4. The molecular weight excluding hydrogens is 218 g/mol. The van der Waals surface area contributed by atoms with Gasteiger partial charge in [-0.25, -0.2) is 4.68 Å². The highest BCUT2D eigenvalue weighted by Crippen LogP contribution is 2.19. The minimum atomic E-state index is -0.137. The molecule has 0 bridgehead atoms. The molecule has 0 atom stereocenters. The van der Waals surface area contributed by atoms with Gasteiger partial charge in [-0.15, -0.1) is 6.58 Å². The van der Waals surface area contributed by atoms with Gasteiger partial charge in [0.2, 0.25) is 0 Å². The zero-order chi connectivity index (χ0) is 12.0. The molecule has 17 heavy (non-hydrogen) atoms. The van der Waals surface area contributed by atoms with Crippen LogP contribution in [-0.4, -0.2) is 14.2 Å². The summed E-state index contributed by atoms with van der Waals surface area (Å²) in [5.41, 5.74) is 2.01. The van der Waals surface area contributed by atoms with Crippen molar-refractivity contribution in [2.75, 3.05) is 0 Å². The van der Waals surface area contributed by atoms with Gasteiger partial charge in [-0.1, -0.05) is 6.08 Å². The van der Waals surface area contributed by atoms with E-state index in [-0.39, 0.29) is 5.56 Å². The van der Waals surface area contributed by atoms with E-state index in [1.54, 1.807) is 22.8 Å². The largest absolute Gasteiger partial charge is 0.463 e. The van der Waals surface area contributed by atoms with Crippen LogP contribution in [-0.2, 0) is 6.54 Å². The standard InChI is InChI=1S/C12H11N3O2/c1-3-5-14-12(16)10-7-11-9(4-6-17-11)15(10)8(2)13-14/h3-4,6-7H,1,5H2,2H3. The SMILES string of the molecule is C=CCn1nc(C)n2c(cc3occc32)c1=O. The monoisotopic (exact) mass is 229 g/mol. The molecule has 0 aliphatic carbocycles. The molecule has 3 heterocycles. The highest BCUT2D eigenvalue weighted by atomic mass is 16.3. The first kappa shape index (κ1) is 9.89. The van der Waals surface area contributed by atoms with Gasteiger partial charge in [0.15, 0.2) is 5.58 Å². The van der Waals surface area contributed by atoms with Crippen molar-refractivity contribution >= 4 is 16.6 Å². The topological polar surface area (TPSA) is 52.4 Å². The lowest BCUT2D eigenvalue weighted by atomic mass is 10.5. The maximum Gasteiger partial charge on any atom is 0.291 e. The number of hydrogen-bond acceptors (Lipinski definition) is 3. The second kappa shape index (κ2) is 3.35. The first-order valence-corrected chi connectivity index (χ1v) is 5.29. The summed E-state index contributed by atoms with van der Waals surface area (Å²) < 4.78 is 8.50. The molecule has 5 nitrogen and oxygen atoms in total. The van der Waals surface area contributed by atoms with E-state index in [1.165, 1.54) is 4.68 Å². The van der Waals surface area contributed by atoms with E-state index in [2.05, 4.69) is 11.7 Å². The van der Waals surface area contributed by atoms with E-state index in [4.69, 9.17) is 4.42 Å². The van der Waals surface area contributed by atoms with Crippen LogP contribution < -0.4 is 5.56 Å². The second-order valence-corrected chi connectivity index (χ2v) is 3.86. The number of allylic oxidation sites excluding steroid dienone is 1. The van der Waals surface area contributed by atoms with Crippen molar-refractivity contribution in [1.29, 1.82) is 0 Å². The smallest absolute Gasteiger partial charge is 0.291 e. The molecule has 5 heteroatoms. The summed E-state index contributed by atoms with van der Waals surface area (Å²) >= 11 is 0.